The zero-order valence-corrected chi connectivity index (χ0v) is 30.9. The van der Waals surface area contributed by atoms with Crippen molar-refractivity contribution in [3.63, 3.8) is 0 Å². The number of aryl methyl sites for hydroxylation is 1. The van der Waals surface area contributed by atoms with Crippen LogP contribution in [0.4, 0.5) is 0 Å². The molecule has 2 atom stereocenters. The molecule has 0 amide bonds. The monoisotopic (exact) mass is 762 g/mol. The van der Waals surface area contributed by atoms with Crippen LogP contribution < -0.4 is 23.7 Å². The van der Waals surface area contributed by atoms with Crippen molar-refractivity contribution in [2.75, 3.05) is 48.5 Å². The first-order chi connectivity index (χ1) is 22.7. The van der Waals surface area contributed by atoms with Crippen molar-refractivity contribution in [1.82, 2.24) is 9.80 Å². The number of benzene rings is 4. The summed E-state index contributed by atoms with van der Waals surface area (Å²) >= 11 is 7.83. The van der Waals surface area contributed by atoms with Crippen molar-refractivity contribution in [3.8, 4) is 40.2 Å². The molecular weight excluding hydrogens is 724 g/mol. The number of hydrogen-bond acceptors (Lipinski definition) is 7. The maximum atomic E-state index is 7.12. The lowest BCUT2D eigenvalue weighted by Gasteiger charge is -2.38. The van der Waals surface area contributed by atoms with E-state index in [2.05, 4.69) is 105 Å². The van der Waals surface area contributed by atoms with Crippen molar-refractivity contribution in [3.05, 3.63) is 96.4 Å². The van der Waals surface area contributed by atoms with Crippen LogP contribution in [0.2, 0.25) is 0 Å². The van der Waals surface area contributed by atoms with Crippen LogP contribution >= 0.6 is 31.9 Å². The molecule has 0 N–H and O–H groups in total. The Kier molecular flexibility index (Phi) is 8.93. The van der Waals surface area contributed by atoms with Crippen LogP contribution in [0.3, 0.4) is 0 Å². The number of likely N-dealkylation sites (N-methyl/N-ethyl adjacent to an activating group) is 2. The highest BCUT2D eigenvalue weighted by Crippen LogP contribution is 2.55. The highest BCUT2D eigenvalue weighted by Gasteiger charge is 2.37. The molecule has 0 saturated heterocycles. The molecule has 8 rings (SSSR count). The number of halogens is 2. The molecule has 0 saturated carbocycles. The third kappa shape index (κ3) is 5.69. The van der Waals surface area contributed by atoms with Gasteiger partial charge < -0.3 is 23.7 Å². The lowest BCUT2D eigenvalue weighted by molar-refractivity contribution is 0.220. The third-order valence-electron chi connectivity index (χ3n) is 10.1. The van der Waals surface area contributed by atoms with Gasteiger partial charge in [-0.1, -0.05) is 24.3 Å². The molecule has 6 bridgehead atoms. The van der Waals surface area contributed by atoms with Gasteiger partial charge >= 0.3 is 0 Å². The highest BCUT2D eigenvalue weighted by atomic mass is 79.9. The predicted octanol–water partition coefficient (Wildman–Crippen LogP) is 8.99. The molecule has 9 heteroatoms. The Labute approximate surface area is 294 Å². The molecule has 0 radical (unpaired) electrons. The normalized spacial score (nSPS) is 19.1. The van der Waals surface area contributed by atoms with Gasteiger partial charge in [0.1, 0.15) is 11.5 Å². The molecular formula is C38H40Br2N2O5. The van der Waals surface area contributed by atoms with Crippen LogP contribution in [0.15, 0.2) is 57.5 Å². The molecule has 0 spiro atoms. The zero-order valence-electron chi connectivity index (χ0n) is 27.7. The minimum atomic E-state index is -0.0302. The van der Waals surface area contributed by atoms with Crippen molar-refractivity contribution < 1.29 is 23.7 Å². The van der Waals surface area contributed by atoms with Gasteiger partial charge in [0.25, 0.3) is 0 Å². The molecule has 4 aromatic carbocycles. The van der Waals surface area contributed by atoms with E-state index in [9.17, 15) is 0 Å². The summed E-state index contributed by atoms with van der Waals surface area (Å²) < 4.78 is 33.3. The van der Waals surface area contributed by atoms with Crippen molar-refractivity contribution in [2.45, 2.75) is 44.7 Å². The van der Waals surface area contributed by atoms with E-state index in [1.807, 2.05) is 6.07 Å². The van der Waals surface area contributed by atoms with Gasteiger partial charge in [0, 0.05) is 30.7 Å². The van der Waals surface area contributed by atoms with Gasteiger partial charge in [0.05, 0.1) is 30.3 Å². The number of methoxy groups -OCH3 is 3. The van der Waals surface area contributed by atoms with E-state index >= 15 is 0 Å². The third-order valence-corrected chi connectivity index (χ3v) is 11.8. The minimum absolute atomic E-state index is 0.0302. The summed E-state index contributed by atoms with van der Waals surface area (Å²) in [4.78, 5) is 4.85. The number of ether oxygens (including phenoxy) is 5. The van der Waals surface area contributed by atoms with Crippen molar-refractivity contribution in [1.29, 1.82) is 0 Å². The summed E-state index contributed by atoms with van der Waals surface area (Å²) in [6, 6.07) is 17.3. The molecule has 246 valence electrons. The van der Waals surface area contributed by atoms with E-state index in [4.69, 9.17) is 23.7 Å². The lowest BCUT2D eigenvalue weighted by atomic mass is 9.87. The predicted molar refractivity (Wildman–Crippen MR) is 191 cm³/mol. The van der Waals surface area contributed by atoms with Gasteiger partial charge in [0.15, 0.2) is 23.0 Å². The van der Waals surface area contributed by atoms with Crippen LogP contribution in [0.25, 0.3) is 0 Å². The molecule has 0 aromatic heterocycles. The average Bonchev–Trinajstić information content (AvgIpc) is 3.07. The van der Waals surface area contributed by atoms with Crippen LogP contribution in [0, 0.1) is 6.92 Å². The smallest absolute Gasteiger partial charge is 0.205 e. The Bertz CT molecular complexity index is 1840. The summed E-state index contributed by atoms with van der Waals surface area (Å²) in [6.07, 6.45) is 3.40. The Morgan fingerprint density at radius 3 is 2.17 bits per heavy atom. The van der Waals surface area contributed by atoms with Crippen LogP contribution in [0.5, 0.6) is 40.2 Å². The molecule has 0 aliphatic carbocycles. The summed E-state index contributed by atoms with van der Waals surface area (Å²) in [5.41, 5.74) is 8.38. The summed E-state index contributed by atoms with van der Waals surface area (Å²) in [5.74, 6) is 4.83. The van der Waals surface area contributed by atoms with Gasteiger partial charge in [-0.15, -0.1) is 0 Å². The van der Waals surface area contributed by atoms with E-state index in [1.165, 1.54) is 22.3 Å². The number of nitrogens with zero attached hydrogens (tertiary/aromatic N) is 2. The molecule has 4 heterocycles. The Morgan fingerprint density at radius 1 is 0.723 bits per heavy atom. The van der Waals surface area contributed by atoms with Gasteiger partial charge in [-0.3, -0.25) is 9.80 Å². The van der Waals surface area contributed by atoms with E-state index < -0.39 is 0 Å². The topological polar surface area (TPSA) is 52.6 Å². The number of fused-ring (bicyclic) bond motifs is 2. The van der Waals surface area contributed by atoms with Gasteiger partial charge in [0.2, 0.25) is 5.75 Å². The Balaban J connectivity index is 1.49. The molecule has 4 aliphatic rings. The first kappa shape index (κ1) is 32.3. The fourth-order valence-electron chi connectivity index (χ4n) is 7.41. The standard InChI is InChI=1S/C38H40Br2N2O5/c1-21-17-23-13-15-41(2)28-18-22-7-10-25(11-8-22)46-35-30(43-4)12-9-24(33(35)39)19-29-32-26(14-16-42(29)3)34(40)37(44-5)38(45-6)36(32)47-31(21)20-27(23)28/h7-12,17,20,28-29H,13-16,18-19H2,1-6H3/t28-,29-/m0/s1. The number of hydrogen-bond donors (Lipinski definition) is 0. The summed E-state index contributed by atoms with van der Waals surface area (Å²) in [5, 5.41) is 0. The van der Waals surface area contributed by atoms with Gasteiger partial charge in [-0.2, -0.15) is 0 Å². The Hall–Kier alpha value is -3.24. The van der Waals surface area contributed by atoms with E-state index in [0.717, 1.165) is 69.5 Å². The first-order valence-electron chi connectivity index (χ1n) is 16.0. The van der Waals surface area contributed by atoms with Crippen LogP contribution in [0.1, 0.15) is 51.0 Å². The molecule has 47 heavy (non-hydrogen) atoms. The van der Waals surface area contributed by atoms with Crippen LogP contribution in [-0.2, 0) is 25.7 Å². The van der Waals surface area contributed by atoms with Crippen molar-refractivity contribution in [2.24, 2.45) is 0 Å². The summed E-state index contributed by atoms with van der Waals surface area (Å²) in [7, 11) is 9.43. The first-order valence-corrected chi connectivity index (χ1v) is 17.6. The largest absolute Gasteiger partial charge is 0.493 e. The van der Waals surface area contributed by atoms with Gasteiger partial charge in [-0.05, 0) is 136 Å². The Morgan fingerprint density at radius 2 is 1.45 bits per heavy atom. The van der Waals surface area contributed by atoms with E-state index in [0.29, 0.717) is 35.2 Å². The van der Waals surface area contributed by atoms with Crippen molar-refractivity contribution >= 4 is 31.9 Å². The SMILES string of the molecule is COc1ccc2c(Br)c1Oc1ccc(cc1)C[C@H]1c3cc(c(C)cc3CCN1C)Oc1c(OC)c(OC)c(Br)c3c1[C@H](C2)N(C)CC3. The minimum Gasteiger partial charge on any atom is -0.493 e. The lowest BCUT2D eigenvalue weighted by Crippen LogP contribution is -2.34. The second-order valence-electron chi connectivity index (χ2n) is 12.7. The molecule has 4 aromatic rings. The molecule has 7 nitrogen and oxygen atoms in total. The quantitative estimate of drug-likeness (QED) is 0.207. The maximum Gasteiger partial charge on any atom is 0.205 e. The molecule has 0 fully saturated rings. The fraction of sp³-hybridized carbons (Fsp3) is 0.368. The molecule has 0 unspecified atom stereocenters. The van der Waals surface area contributed by atoms with E-state index in [1.54, 1.807) is 21.3 Å². The molecule has 4 aliphatic heterocycles. The van der Waals surface area contributed by atoms with Gasteiger partial charge in [-0.25, -0.2) is 0 Å². The second-order valence-corrected chi connectivity index (χ2v) is 14.3. The second kappa shape index (κ2) is 13.0. The zero-order chi connectivity index (χ0) is 33.0. The van der Waals surface area contributed by atoms with Crippen LogP contribution in [-0.4, -0.2) is 58.3 Å². The highest BCUT2D eigenvalue weighted by molar-refractivity contribution is 9.11. The van der Waals surface area contributed by atoms with E-state index in [-0.39, 0.29) is 12.1 Å². The number of rotatable bonds is 3. The maximum absolute atomic E-state index is 7.12. The summed E-state index contributed by atoms with van der Waals surface area (Å²) in [6.45, 7) is 4.02. The fourth-order valence-corrected chi connectivity index (χ4v) is 8.73. The average molecular weight is 765 g/mol.